The predicted octanol–water partition coefficient (Wildman–Crippen LogP) is 4.01. The molecule has 5 heteroatoms. The van der Waals surface area contributed by atoms with E-state index in [0.29, 0.717) is 23.7 Å². The Balaban J connectivity index is 1.69. The number of rotatable bonds is 2. The number of hydrogen-bond acceptors (Lipinski definition) is 3. The third kappa shape index (κ3) is 4.47. The Morgan fingerprint density at radius 2 is 2.21 bits per heavy atom. The van der Waals surface area contributed by atoms with Crippen molar-refractivity contribution in [3.8, 4) is 11.8 Å². The number of hydrogen-bond donors (Lipinski definition) is 2. The molecule has 1 aromatic carbocycles. The Hall–Kier alpha value is -2.09. The number of nitrogens with zero attached hydrogens (tertiary/aromatic N) is 1. The van der Waals surface area contributed by atoms with Gasteiger partial charge in [0.25, 0.3) is 0 Å². The highest BCUT2D eigenvalue weighted by Gasteiger charge is 2.32. The standard InChI is InChI=1S/C19H18ClFN2O/c20-15-4-1-3-14(11-15)8-10-19(24)9-2-5-17(12-19)23-18-7-6-16(21)13-22-18/h1,3-4,6-7,11,13,17,24H,2,5,9,12H2,(H,22,23)/t17-,19+/m1/s1. The van der Waals surface area contributed by atoms with E-state index in [9.17, 15) is 9.50 Å². The Morgan fingerprint density at radius 1 is 1.33 bits per heavy atom. The molecule has 1 fully saturated rings. The zero-order chi connectivity index (χ0) is 17.0. The van der Waals surface area contributed by atoms with E-state index in [-0.39, 0.29) is 11.9 Å². The molecular weight excluding hydrogens is 327 g/mol. The van der Waals surface area contributed by atoms with Crippen LogP contribution in [0.4, 0.5) is 10.2 Å². The molecule has 1 aliphatic carbocycles. The van der Waals surface area contributed by atoms with Gasteiger partial charge in [0.2, 0.25) is 0 Å². The highest BCUT2D eigenvalue weighted by Crippen LogP contribution is 2.29. The molecule has 1 saturated carbocycles. The van der Waals surface area contributed by atoms with Crippen LogP contribution in [0, 0.1) is 17.7 Å². The lowest BCUT2D eigenvalue weighted by atomic mass is 9.82. The number of anilines is 1. The SMILES string of the molecule is O[C@]1(C#Cc2cccc(Cl)c2)CCC[C@@H](Nc2ccc(F)cn2)C1. The maximum Gasteiger partial charge on any atom is 0.141 e. The molecule has 2 N–H and O–H groups in total. The second-order valence-electron chi connectivity index (χ2n) is 6.09. The van der Waals surface area contributed by atoms with Crippen molar-refractivity contribution in [2.24, 2.45) is 0 Å². The van der Waals surface area contributed by atoms with E-state index in [1.165, 1.54) is 12.3 Å². The first-order valence-electron chi connectivity index (χ1n) is 7.92. The molecule has 0 amide bonds. The Labute approximate surface area is 145 Å². The van der Waals surface area contributed by atoms with Crippen LogP contribution in [-0.4, -0.2) is 21.7 Å². The minimum Gasteiger partial charge on any atom is -0.378 e. The number of nitrogens with one attached hydrogen (secondary N) is 1. The Kier molecular flexibility index (Phi) is 5.03. The lowest BCUT2D eigenvalue weighted by Gasteiger charge is -2.33. The van der Waals surface area contributed by atoms with Crippen LogP contribution in [-0.2, 0) is 0 Å². The van der Waals surface area contributed by atoms with Crippen LogP contribution in [0.3, 0.4) is 0 Å². The van der Waals surface area contributed by atoms with E-state index in [1.807, 2.05) is 12.1 Å². The van der Waals surface area contributed by atoms with Crippen LogP contribution in [0.2, 0.25) is 5.02 Å². The van der Waals surface area contributed by atoms with Crippen LogP contribution in [0.1, 0.15) is 31.2 Å². The molecule has 0 saturated heterocycles. The van der Waals surface area contributed by atoms with E-state index in [2.05, 4.69) is 22.1 Å². The molecule has 3 nitrogen and oxygen atoms in total. The van der Waals surface area contributed by atoms with Gasteiger partial charge in [-0.05, 0) is 49.6 Å². The van der Waals surface area contributed by atoms with Crippen LogP contribution in [0.25, 0.3) is 0 Å². The first-order valence-corrected chi connectivity index (χ1v) is 8.29. The minimum absolute atomic E-state index is 0.0513. The first kappa shape index (κ1) is 16.8. The van der Waals surface area contributed by atoms with E-state index in [0.717, 1.165) is 18.4 Å². The number of pyridine rings is 1. The molecule has 124 valence electrons. The molecule has 2 atom stereocenters. The van der Waals surface area contributed by atoms with Crippen LogP contribution < -0.4 is 5.32 Å². The van der Waals surface area contributed by atoms with Gasteiger partial charge in [0, 0.05) is 23.0 Å². The van der Waals surface area contributed by atoms with Gasteiger partial charge in [-0.1, -0.05) is 29.5 Å². The topological polar surface area (TPSA) is 45.1 Å². The third-order valence-corrected chi connectivity index (χ3v) is 4.31. The Morgan fingerprint density at radius 3 is 2.96 bits per heavy atom. The molecule has 0 aliphatic heterocycles. The first-order chi connectivity index (χ1) is 11.5. The van der Waals surface area contributed by atoms with Gasteiger partial charge in [-0.25, -0.2) is 9.37 Å². The average molecular weight is 345 g/mol. The zero-order valence-corrected chi connectivity index (χ0v) is 13.9. The van der Waals surface area contributed by atoms with Gasteiger partial charge >= 0.3 is 0 Å². The van der Waals surface area contributed by atoms with Crippen LogP contribution >= 0.6 is 11.6 Å². The number of benzene rings is 1. The molecule has 1 aromatic heterocycles. The second kappa shape index (κ2) is 7.21. The molecular formula is C19H18ClFN2O. The van der Waals surface area contributed by atoms with Gasteiger partial charge < -0.3 is 10.4 Å². The minimum atomic E-state index is -1.04. The smallest absolute Gasteiger partial charge is 0.141 e. The molecule has 1 aliphatic rings. The van der Waals surface area contributed by atoms with E-state index in [4.69, 9.17) is 11.6 Å². The van der Waals surface area contributed by atoms with E-state index < -0.39 is 5.60 Å². The predicted molar refractivity (Wildman–Crippen MR) is 93.4 cm³/mol. The van der Waals surface area contributed by atoms with Gasteiger partial charge in [0.1, 0.15) is 17.2 Å². The van der Waals surface area contributed by atoms with Gasteiger partial charge in [0.05, 0.1) is 6.20 Å². The normalized spacial score (nSPS) is 23.2. The van der Waals surface area contributed by atoms with Crippen molar-refractivity contribution in [3.05, 3.63) is 59.0 Å². The van der Waals surface area contributed by atoms with Crippen LogP contribution in [0.5, 0.6) is 0 Å². The highest BCUT2D eigenvalue weighted by atomic mass is 35.5. The van der Waals surface area contributed by atoms with Gasteiger partial charge in [-0.3, -0.25) is 0 Å². The molecule has 24 heavy (non-hydrogen) atoms. The van der Waals surface area contributed by atoms with Gasteiger partial charge in [-0.2, -0.15) is 0 Å². The molecule has 0 unspecified atom stereocenters. The fraction of sp³-hybridized carbons (Fsp3) is 0.316. The molecule has 3 rings (SSSR count). The average Bonchev–Trinajstić information content (AvgIpc) is 2.56. The summed E-state index contributed by atoms with van der Waals surface area (Å²) in [6.45, 7) is 0. The molecule has 2 aromatic rings. The third-order valence-electron chi connectivity index (χ3n) is 4.07. The molecule has 0 spiro atoms. The van der Waals surface area contributed by atoms with Crippen molar-refractivity contribution in [3.63, 3.8) is 0 Å². The number of aromatic nitrogens is 1. The molecule has 1 heterocycles. The summed E-state index contributed by atoms with van der Waals surface area (Å²) in [5, 5.41) is 14.6. The summed E-state index contributed by atoms with van der Waals surface area (Å²) >= 11 is 5.95. The second-order valence-corrected chi connectivity index (χ2v) is 6.53. The monoisotopic (exact) mass is 344 g/mol. The zero-order valence-electron chi connectivity index (χ0n) is 13.1. The van der Waals surface area contributed by atoms with Crippen molar-refractivity contribution < 1.29 is 9.50 Å². The lowest BCUT2D eigenvalue weighted by Crippen LogP contribution is -2.39. The Bertz CT molecular complexity index is 769. The van der Waals surface area contributed by atoms with Crippen molar-refractivity contribution in [2.45, 2.75) is 37.3 Å². The van der Waals surface area contributed by atoms with E-state index in [1.54, 1.807) is 18.2 Å². The van der Waals surface area contributed by atoms with Crippen molar-refractivity contribution >= 4 is 17.4 Å². The number of aliphatic hydroxyl groups is 1. The fourth-order valence-electron chi connectivity index (χ4n) is 2.91. The highest BCUT2D eigenvalue weighted by molar-refractivity contribution is 6.30. The summed E-state index contributed by atoms with van der Waals surface area (Å²) in [6.07, 6.45) is 4.09. The van der Waals surface area contributed by atoms with Crippen molar-refractivity contribution in [2.75, 3.05) is 5.32 Å². The quantitative estimate of drug-likeness (QED) is 0.809. The van der Waals surface area contributed by atoms with Gasteiger partial charge in [-0.15, -0.1) is 0 Å². The van der Waals surface area contributed by atoms with E-state index >= 15 is 0 Å². The lowest BCUT2D eigenvalue weighted by molar-refractivity contribution is 0.0561. The molecule has 0 radical (unpaired) electrons. The maximum absolute atomic E-state index is 12.9. The number of halogens is 2. The van der Waals surface area contributed by atoms with Crippen molar-refractivity contribution in [1.82, 2.24) is 4.98 Å². The summed E-state index contributed by atoms with van der Waals surface area (Å²) in [4.78, 5) is 4.00. The molecule has 0 bridgehead atoms. The largest absolute Gasteiger partial charge is 0.378 e. The summed E-state index contributed by atoms with van der Waals surface area (Å²) in [5.74, 6) is 6.24. The summed E-state index contributed by atoms with van der Waals surface area (Å²) in [7, 11) is 0. The summed E-state index contributed by atoms with van der Waals surface area (Å²) in [5.41, 5.74) is -0.260. The van der Waals surface area contributed by atoms with Gasteiger partial charge in [0.15, 0.2) is 0 Å². The van der Waals surface area contributed by atoms with Crippen molar-refractivity contribution in [1.29, 1.82) is 0 Å². The summed E-state index contributed by atoms with van der Waals surface area (Å²) in [6, 6.07) is 10.3. The fourth-order valence-corrected chi connectivity index (χ4v) is 3.10. The maximum atomic E-state index is 12.9. The van der Waals surface area contributed by atoms with Crippen LogP contribution in [0.15, 0.2) is 42.6 Å². The summed E-state index contributed by atoms with van der Waals surface area (Å²) < 4.78 is 12.9.